The smallest absolute Gasteiger partial charge is 0.271 e. The summed E-state index contributed by atoms with van der Waals surface area (Å²) in [6.45, 7) is 8.75. The van der Waals surface area contributed by atoms with E-state index in [0.29, 0.717) is 28.8 Å². The van der Waals surface area contributed by atoms with Crippen LogP contribution in [0.3, 0.4) is 0 Å². The van der Waals surface area contributed by atoms with Gasteiger partial charge in [-0.15, -0.1) is 0 Å². The van der Waals surface area contributed by atoms with Gasteiger partial charge in [-0.3, -0.25) is 14.0 Å². The van der Waals surface area contributed by atoms with Gasteiger partial charge < -0.3 is 10.6 Å². The Balaban J connectivity index is 1.60. The van der Waals surface area contributed by atoms with E-state index in [9.17, 15) is 9.18 Å². The minimum absolute atomic E-state index is 0.0239. The molecule has 8 nitrogen and oxygen atoms in total. The summed E-state index contributed by atoms with van der Waals surface area (Å²) in [5.74, 6) is -0.568. The van der Waals surface area contributed by atoms with Crippen molar-refractivity contribution in [2.45, 2.75) is 18.9 Å². The molecule has 1 aliphatic heterocycles. The first kappa shape index (κ1) is 22.1. The van der Waals surface area contributed by atoms with Gasteiger partial charge in [-0.2, -0.15) is 5.10 Å². The molecule has 1 atom stereocenters. The summed E-state index contributed by atoms with van der Waals surface area (Å²) in [6, 6.07) is 9.84. The van der Waals surface area contributed by atoms with E-state index in [1.807, 2.05) is 18.2 Å². The van der Waals surface area contributed by atoms with Crippen molar-refractivity contribution in [3.63, 3.8) is 0 Å². The lowest BCUT2D eigenvalue weighted by atomic mass is 10.1. The maximum Gasteiger partial charge on any atom is 0.271 e. The van der Waals surface area contributed by atoms with Crippen LogP contribution in [-0.4, -0.2) is 44.4 Å². The van der Waals surface area contributed by atoms with Gasteiger partial charge in [0, 0.05) is 42.5 Å². The molecule has 0 bridgehead atoms. The minimum atomic E-state index is -0.646. The third kappa shape index (κ3) is 4.02. The summed E-state index contributed by atoms with van der Waals surface area (Å²) in [4.78, 5) is 20.8. The number of halogens is 2. The molecule has 4 aromatic rings. The summed E-state index contributed by atoms with van der Waals surface area (Å²) < 4.78 is 17.8. The number of piperidine rings is 1. The Hall–Kier alpha value is -3.74. The van der Waals surface area contributed by atoms with E-state index < -0.39 is 5.82 Å². The molecule has 0 unspecified atom stereocenters. The summed E-state index contributed by atoms with van der Waals surface area (Å²) in [7, 11) is 1.76. The molecular weight excluding hydrogens is 457 g/mol. The van der Waals surface area contributed by atoms with Crippen LogP contribution in [0, 0.1) is 12.4 Å². The highest BCUT2D eigenvalue weighted by molar-refractivity contribution is 6.34. The molecule has 172 valence electrons. The maximum atomic E-state index is 14.4. The number of aromatic nitrogens is 4. The Kier molecular flexibility index (Phi) is 5.77. The van der Waals surface area contributed by atoms with Crippen LogP contribution in [0.15, 0.2) is 42.6 Å². The van der Waals surface area contributed by atoms with Gasteiger partial charge >= 0.3 is 0 Å². The number of imidazole rings is 1. The molecule has 0 aliphatic carbocycles. The largest absolute Gasteiger partial charge is 0.347 e. The fourth-order valence-electron chi connectivity index (χ4n) is 4.17. The number of fused-ring (bicyclic) bond motifs is 1. The molecule has 0 spiro atoms. The van der Waals surface area contributed by atoms with Gasteiger partial charge in [0.05, 0.1) is 12.1 Å². The molecule has 1 amide bonds. The van der Waals surface area contributed by atoms with Gasteiger partial charge in [0.25, 0.3) is 5.91 Å². The zero-order valence-electron chi connectivity index (χ0n) is 18.3. The Morgan fingerprint density at radius 1 is 1.32 bits per heavy atom. The van der Waals surface area contributed by atoms with Crippen molar-refractivity contribution in [3.05, 3.63) is 70.7 Å². The van der Waals surface area contributed by atoms with E-state index in [2.05, 4.69) is 25.6 Å². The van der Waals surface area contributed by atoms with Crippen molar-refractivity contribution in [1.29, 1.82) is 0 Å². The van der Waals surface area contributed by atoms with Crippen molar-refractivity contribution in [1.82, 2.24) is 30.0 Å². The van der Waals surface area contributed by atoms with Crippen LogP contribution in [-0.2, 0) is 7.05 Å². The summed E-state index contributed by atoms with van der Waals surface area (Å²) >= 11 is 6.40. The van der Waals surface area contributed by atoms with Crippen LogP contribution in [0.5, 0.6) is 0 Å². The number of hydrogen-bond acceptors (Lipinski definition) is 4. The second-order valence-electron chi connectivity index (χ2n) is 8.23. The Labute approximate surface area is 200 Å². The molecule has 10 heteroatoms. The van der Waals surface area contributed by atoms with Gasteiger partial charge in [-0.25, -0.2) is 14.2 Å². The number of hydrogen-bond donors (Lipinski definition) is 2. The molecule has 1 aliphatic rings. The number of carbonyl (C=O) groups is 1. The second-order valence-corrected chi connectivity index (χ2v) is 8.59. The SMILES string of the molecule is [C-]#[N+]c1ccc(-c2nc(C(=O)N[C@@H]3CCCNC3)cn2-c2ccc3nn(C)c(Cl)c3c2)cc1F. The average Bonchev–Trinajstić information content (AvgIpc) is 3.41. The molecule has 1 fully saturated rings. The first-order valence-electron chi connectivity index (χ1n) is 10.9. The summed E-state index contributed by atoms with van der Waals surface area (Å²) in [5, 5.41) is 11.9. The highest BCUT2D eigenvalue weighted by atomic mass is 35.5. The fourth-order valence-corrected chi connectivity index (χ4v) is 4.36. The van der Waals surface area contributed by atoms with E-state index in [-0.39, 0.29) is 23.3 Å². The second kappa shape index (κ2) is 8.89. The quantitative estimate of drug-likeness (QED) is 0.430. The van der Waals surface area contributed by atoms with Gasteiger partial charge in [0.2, 0.25) is 5.69 Å². The lowest BCUT2D eigenvalue weighted by Crippen LogP contribution is -2.45. The fraction of sp³-hybridized carbons (Fsp3) is 0.250. The lowest BCUT2D eigenvalue weighted by molar-refractivity contribution is 0.0926. The number of carbonyl (C=O) groups excluding carboxylic acids is 1. The van der Waals surface area contributed by atoms with Crippen LogP contribution < -0.4 is 10.6 Å². The number of benzene rings is 2. The van der Waals surface area contributed by atoms with Crippen LogP contribution in [0.1, 0.15) is 23.3 Å². The molecular formula is C24H21ClFN7O. The molecule has 5 rings (SSSR count). The number of nitrogens with zero attached hydrogens (tertiary/aromatic N) is 5. The Bertz CT molecular complexity index is 1450. The number of aryl methyl sites for hydroxylation is 1. The van der Waals surface area contributed by atoms with Crippen LogP contribution in [0.2, 0.25) is 5.15 Å². The first-order chi connectivity index (χ1) is 16.4. The predicted molar refractivity (Wildman–Crippen MR) is 128 cm³/mol. The zero-order valence-corrected chi connectivity index (χ0v) is 19.1. The number of rotatable bonds is 4. The van der Waals surface area contributed by atoms with E-state index >= 15 is 0 Å². The van der Waals surface area contributed by atoms with Crippen molar-refractivity contribution in [2.75, 3.05) is 13.1 Å². The monoisotopic (exact) mass is 477 g/mol. The highest BCUT2D eigenvalue weighted by Gasteiger charge is 2.22. The Morgan fingerprint density at radius 2 is 2.18 bits per heavy atom. The molecule has 2 aromatic heterocycles. The van der Waals surface area contributed by atoms with E-state index in [1.54, 1.807) is 28.6 Å². The summed E-state index contributed by atoms with van der Waals surface area (Å²) in [5.41, 5.74) is 2.01. The Morgan fingerprint density at radius 3 is 2.91 bits per heavy atom. The number of amides is 1. The molecule has 3 heterocycles. The van der Waals surface area contributed by atoms with Gasteiger partial charge in [-0.1, -0.05) is 23.7 Å². The van der Waals surface area contributed by atoms with Crippen LogP contribution in [0.25, 0.3) is 32.8 Å². The van der Waals surface area contributed by atoms with Crippen LogP contribution >= 0.6 is 11.6 Å². The third-order valence-corrected chi connectivity index (χ3v) is 6.37. The average molecular weight is 478 g/mol. The van der Waals surface area contributed by atoms with Gasteiger partial charge in [0.1, 0.15) is 22.5 Å². The standard InChI is InChI=1S/C24H21ClFN7O/c1-27-20-7-5-14(10-18(20)26)23-30-21(24(34)29-15-4-3-9-28-12-15)13-33(23)16-6-8-19-17(11-16)22(25)32(2)31-19/h5-8,10-11,13,15,28H,3-4,9,12H2,2H3,(H,29,34)/t15-/m1/s1. The highest BCUT2D eigenvalue weighted by Crippen LogP contribution is 2.30. The van der Waals surface area contributed by atoms with Crippen LogP contribution in [0.4, 0.5) is 10.1 Å². The predicted octanol–water partition coefficient (Wildman–Crippen LogP) is 4.25. The molecule has 0 radical (unpaired) electrons. The zero-order chi connectivity index (χ0) is 23.8. The maximum absolute atomic E-state index is 14.4. The van der Waals surface area contributed by atoms with Gasteiger partial charge in [-0.05, 0) is 43.7 Å². The third-order valence-electron chi connectivity index (χ3n) is 5.92. The van der Waals surface area contributed by atoms with E-state index in [4.69, 9.17) is 18.2 Å². The minimum Gasteiger partial charge on any atom is -0.347 e. The molecule has 2 N–H and O–H groups in total. The van der Waals surface area contributed by atoms with Crippen molar-refractivity contribution in [3.8, 4) is 17.1 Å². The molecule has 34 heavy (non-hydrogen) atoms. The molecule has 2 aromatic carbocycles. The molecule has 1 saturated heterocycles. The first-order valence-corrected chi connectivity index (χ1v) is 11.2. The van der Waals surface area contributed by atoms with E-state index in [1.165, 1.54) is 12.1 Å². The lowest BCUT2D eigenvalue weighted by Gasteiger charge is -2.23. The molecule has 0 saturated carbocycles. The van der Waals surface area contributed by atoms with E-state index in [0.717, 1.165) is 30.3 Å². The summed E-state index contributed by atoms with van der Waals surface area (Å²) in [6.07, 6.45) is 3.52. The topological polar surface area (TPSA) is 81.1 Å². The van der Waals surface area contributed by atoms with Crippen molar-refractivity contribution in [2.24, 2.45) is 7.05 Å². The van der Waals surface area contributed by atoms with Crippen molar-refractivity contribution < 1.29 is 9.18 Å². The van der Waals surface area contributed by atoms with Gasteiger partial charge in [0.15, 0.2) is 0 Å². The van der Waals surface area contributed by atoms with Crippen molar-refractivity contribution >= 4 is 34.1 Å². The normalized spacial score (nSPS) is 15.9. The number of nitrogens with one attached hydrogen (secondary N) is 2.